The lowest BCUT2D eigenvalue weighted by molar-refractivity contribution is -0.119. The van der Waals surface area contributed by atoms with Crippen LogP contribution >= 0.6 is 11.3 Å². The predicted molar refractivity (Wildman–Crippen MR) is 71.0 cm³/mol. The third kappa shape index (κ3) is 3.54. The molecule has 2 rings (SSSR count). The molecule has 1 aliphatic heterocycles. The highest BCUT2D eigenvalue weighted by molar-refractivity contribution is 7.07. The average molecular weight is 252 g/mol. The lowest BCUT2D eigenvalue weighted by atomic mass is 10.1. The standard InChI is InChI=1S/C13H20N2OS/c1-10(2)15(7-11-5-6-17-9-11)8-12-3-4-13(16)14-12/h5-6,9-10,12H,3-4,7-8H2,1-2H3,(H,14,16)/t12-/m0/s1. The van der Waals surface area contributed by atoms with Crippen LogP contribution in [0.25, 0.3) is 0 Å². The van der Waals surface area contributed by atoms with Gasteiger partial charge < -0.3 is 5.32 Å². The number of carbonyl (C=O) groups is 1. The lowest BCUT2D eigenvalue weighted by Gasteiger charge is -2.28. The van der Waals surface area contributed by atoms with Crippen LogP contribution in [0, 0.1) is 0 Å². The molecule has 0 unspecified atom stereocenters. The highest BCUT2D eigenvalue weighted by Crippen LogP contribution is 2.15. The van der Waals surface area contributed by atoms with E-state index in [2.05, 4.69) is 40.9 Å². The fraction of sp³-hybridized carbons (Fsp3) is 0.615. The van der Waals surface area contributed by atoms with Gasteiger partial charge >= 0.3 is 0 Å². The Balaban J connectivity index is 1.91. The number of nitrogens with zero attached hydrogens (tertiary/aromatic N) is 1. The van der Waals surface area contributed by atoms with Crippen LogP contribution in [0.1, 0.15) is 32.3 Å². The van der Waals surface area contributed by atoms with Gasteiger partial charge in [-0.1, -0.05) is 0 Å². The van der Waals surface area contributed by atoms with Crippen LogP contribution in [0.15, 0.2) is 16.8 Å². The summed E-state index contributed by atoms with van der Waals surface area (Å²) >= 11 is 1.74. The summed E-state index contributed by atoms with van der Waals surface area (Å²) in [6.45, 7) is 6.36. The summed E-state index contributed by atoms with van der Waals surface area (Å²) in [6.07, 6.45) is 1.67. The Hall–Kier alpha value is -0.870. The summed E-state index contributed by atoms with van der Waals surface area (Å²) in [6, 6.07) is 3.02. The van der Waals surface area contributed by atoms with E-state index < -0.39 is 0 Å². The second-order valence-electron chi connectivity index (χ2n) is 4.96. The molecule has 0 aromatic carbocycles. The molecule has 0 radical (unpaired) electrons. The van der Waals surface area contributed by atoms with Crippen molar-refractivity contribution >= 4 is 17.2 Å². The number of nitrogens with one attached hydrogen (secondary N) is 1. The Morgan fingerprint density at radius 3 is 2.94 bits per heavy atom. The van der Waals surface area contributed by atoms with Gasteiger partial charge in [0.2, 0.25) is 5.91 Å². The van der Waals surface area contributed by atoms with Crippen LogP contribution in [0.4, 0.5) is 0 Å². The second kappa shape index (κ2) is 5.65. The molecule has 1 N–H and O–H groups in total. The number of rotatable bonds is 5. The van der Waals surface area contributed by atoms with Gasteiger partial charge in [-0.2, -0.15) is 11.3 Å². The predicted octanol–water partition coefficient (Wildman–Crippen LogP) is 2.24. The van der Waals surface area contributed by atoms with Crippen molar-refractivity contribution in [3.05, 3.63) is 22.4 Å². The molecule has 1 aliphatic rings. The van der Waals surface area contributed by atoms with Crippen molar-refractivity contribution in [3.63, 3.8) is 0 Å². The summed E-state index contributed by atoms with van der Waals surface area (Å²) < 4.78 is 0. The molecule has 0 spiro atoms. The van der Waals surface area contributed by atoms with E-state index in [1.807, 2.05) is 0 Å². The van der Waals surface area contributed by atoms with Gasteiger partial charge in [0, 0.05) is 31.6 Å². The highest BCUT2D eigenvalue weighted by atomic mass is 32.1. The van der Waals surface area contributed by atoms with E-state index in [0.29, 0.717) is 18.5 Å². The van der Waals surface area contributed by atoms with Crippen molar-refractivity contribution < 1.29 is 4.79 Å². The molecule has 94 valence electrons. The van der Waals surface area contributed by atoms with Crippen molar-refractivity contribution in [2.75, 3.05) is 6.54 Å². The third-order valence-corrected chi connectivity index (χ3v) is 3.97. The Morgan fingerprint density at radius 2 is 2.41 bits per heavy atom. The smallest absolute Gasteiger partial charge is 0.220 e. The van der Waals surface area contributed by atoms with Crippen molar-refractivity contribution in [2.24, 2.45) is 0 Å². The maximum atomic E-state index is 11.2. The van der Waals surface area contributed by atoms with Gasteiger partial charge in [0.15, 0.2) is 0 Å². The van der Waals surface area contributed by atoms with Crippen molar-refractivity contribution in [1.29, 1.82) is 0 Å². The van der Waals surface area contributed by atoms with Gasteiger partial charge in [-0.25, -0.2) is 0 Å². The van der Waals surface area contributed by atoms with Crippen molar-refractivity contribution in [3.8, 4) is 0 Å². The van der Waals surface area contributed by atoms with E-state index in [0.717, 1.165) is 19.5 Å². The third-order valence-electron chi connectivity index (χ3n) is 3.24. The number of carbonyl (C=O) groups excluding carboxylic acids is 1. The SMILES string of the molecule is CC(C)N(Cc1ccsc1)C[C@@H]1CCC(=O)N1. The van der Waals surface area contributed by atoms with Gasteiger partial charge in [0.05, 0.1) is 0 Å². The van der Waals surface area contributed by atoms with E-state index in [1.54, 1.807) is 11.3 Å². The molecule has 1 aromatic rings. The first-order valence-electron chi connectivity index (χ1n) is 6.19. The van der Waals surface area contributed by atoms with Crippen LogP contribution in [0.5, 0.6) is 0 Å². The van der Waals surface area contributed by atoms with E-state index in [9.17, 15) is 4.79 Å². The Kier molecular flexibility index (Phi) is 4.18. The Bertz CT molecular complexity index is 362. The Morgan fingerprint density at radius 1 is 1.59 bits per heavy atom. The molecule has 0 bridgehead atoms. The van der Waals surface area contributed by atoms with Crippen LogP contribution in [-0.2, 0) is 11.3 Å². The van der Waals surface area contributed by atoms with Crippen LogP contribution in [-0.4, -0.2) is 29.4 Å². The molecule has 1 saturated heterocycles. The molecule has 1 aromatic heterocycles. The van der Waals surface area contributed by atoms with E-state index in [-0.39, 0.29) is 5.91 Å². The summed E-state index contributed by atoms with van der Waals surface area (Å²) in [5.41, 5.74) is 1.37. The quantitative estimate of drug-likeness (QED) is 0.871. The van der Waals surface area contributed by atoms with Crippen LogP contribution < -0.4 is 5.32 Å². The number of hydrogen-bond acceptors (Lipinski definition) is 3. The first kappa shape index (κ1) is 12.6. The molecule has 1 fully saturated rings. The zero-order chi connectivity index (χ0) is 12.3. The molecular formula is C13H20N2OS. The average Bonchev–Trinajstić information content (AvgIpc) is 2.89. The number of hydrogen-bond donors (Lipinski definition) is 1. The fourth-order valence-electron chi connectivity index (χ4n) is 2.17. The lowest BCUT2D eigenvalue weighted by Crippen LogP contribution is -2.41. The minimum absolute atomic E-state index is 0.203. The summed E-state index contributed by atoms with van der Waals surface area (Å²) in [7, 11) is 0. The maximum absolute atomic E-state index is 11.2. The van der Waals surface area contributed by atoms with Gasteiger partial charge in [-0.05, 0) is 42.7 Å². The molecule has 17 heavy (non-hydrogen) atoms. The first-order chi connectivity index (χ1) is 8.15. The van der Waals surface area contributed by atoms with Crippen molar-refractivity contribution in [2.45, 2.75) is 45.3 Å². The van der Waals surface area contributed by atoms with Gasteiger partial charge in [-0.3, -0.25) is 9.69 Å². The normalized spacial score (nSPS) is 20.2. The second-order valence-corrected chi connectivity index (χ2v) is 5.74. The molecule has 0 saturated carbocycles. The van der Waals surface area contributed by atoms with Gasteiger partial charge in [0.25, 0.3) is 0 Å². The summed E-state index contributed by atoms with van der Waals surface area (Å²) in [5, 5.41) is 7.35. The van der Waals surface area contributed by atoms with Crippen LogP contribution in [0.3, 0.4) is 0 Å². The van der Waals surface area contributed by atoms with Crippen LogP contribution in [0.2, 0.25) is 0 Å². The fourth-order valence-corrected chi connectivity index (χ4v) is 2.83. The van der Waals surface area contributed by atoms with E-state index in [1.165, 1.54) is 5.56 Å². The van der Waals surface area contributed by atoms with E-state index in [4.69, 9.17) is 0 Å². The zero-order valence-electron chi connectivity index (χ0n) is 10.5. The molecule has 1 amide bonds. The first-order valence-corrected chi connectivity index (χ1v) is 7.14. The molecule has 1 atom stereocenters. The maximum Gasteiger partial charge on any atom is 0.220 e. The van der Waals surface area contributed by atoms with Crippen molar-refractivity contribution in [1.82, 2.24) is 10.2 Å². The molecule has 3 nitrogen and oxygen atoms in total. The molecule has 0 aliphatic carbocycles. The summed E-state index contributed by atoms with van der Waals surface area (Å²) in [5.74, 6) is 0.203. The van der Waals surface area contributed by atoms with Gasteiger partial charge in [0.1, 0.15) is 0 Å². The van der Waals surface area contributed by atoms with E-state index >= 15 is 0 Å². The molecule has 2 heterocycles. The number of amides is 1. The minimum Gasteiger partial charge on any atom is -0.352 e. The minimum atomic E-state index is 0.203. The van der Waals surface area contributed by atoms with Gasteiger partial charge in [-0.15, -0.1) is 0 Å². The largest absolute Gasteiger partial charge is 0.352 e. The number of thiophene rings is 1. The summed E-state index contributed by atoms with van der Waals surface area (Å²) in [4.78, 5) is 13.6. The highest BCUT2D eigenvalue weighted by Gasteiger charge is 2.24. The molecule has 4 heteroatoms. The molecular weight excluding hydrogens is 232 g/mol. The zero-order valence-corrected chi connectivity index (χ0v) is 11.3. The topological polar surface area (TPSA) is 32.3 Å². The monoisotopic (exact) mass is 252 g/mol. The Labute approximate surface area is 107 Å².